The summed E-state index contributed by atoms with van der Waals surface area (Å²) in [7, 11) is 0. The highest BCUT2D eigenvalue weighted by Gasteiger charge is 2.10. The Bertz CT molecular complexity index is 987. The van der Waals surface area contributed by atoms with Gasteiger partial charge in [0.2, 0.25) is 0 Å². The molecule has 0 spiro atoms. The van der Waals surface area contributed by atoms with Crippen molar-refractivity contribution in [2.45, 2.75) is 19.3 Å². The van der Waals surface area contributed by atoms with E-state index in [0.29, 0.717) is 6.42 Å². The molecule has 0 unspecified atom stereocenters. The van der Waals surface area contributed by atoms with Crippen molar-refractivity contribution in [3.05, 3.63) is 60.2 Å². The number of nitrogens with two attached hydrogens (primary N) is 1. The SMILES string of the molecule is NCC(=O)CCCc1ccc2ccc3cccc4ccc1c2c34. The molecule has 4 aromatic carbocycles. The van der Waals surface area contributed by atoms with Crippen LogP contribution >= 0.6 is 0 Å². The minimum Gasteiger partial charge on any atom is -0.324 e. The molecule has 0 radical (unpaired) electrons. The van der Waals surface area contributed by atoms with Gasteiger partial charge in [0.15, 0.2) is 0 Å². The minimum atomic E-state index is 0.141. The highest BCUT2D eigenvalue weighted by molar-refractivity contribution is 6.23. The standard InChI is InChI=1S/C21H19NO/c22-13-18(23)6-2-3-14-7-8-17-10-9-15-4-1-5-16-11-12-19(14)21(17)20(15)16/h1,4-5,7-12H,2-3,6,13,22H2. The molecule has 0 aromatic heterocycles. The molecular formula is C21H19NO. The molecule has 2 nitrogen and oxygen atoms in total. The van der Waals surface area contributed by atoms with Gasteiger partial charge in [-0.3, -0.25) is 4.79 Å². The number of rotatable bonds is 5. The summed E-state index contributed by atoms with van der Waals surface area (Å²) < 4.78 is 0. The number of hydrogen-bond donors (Lipinski definition) is 1. The molecule has 0 bridgehead atoms. The van der Waals surface area contributed by atoms with Crippen molar-refractivity contribution in [2.24, 2.45) is 5.73 Å². The van der Waals surface area contributed by atoms with Crippen LogP contribution in [0.2, 0.25) is 0 Å². The van der Waals surface area contributed by atoms with Crippen molar-refractivity contribution in [1.29, 1.82) is 0 Å². The first-order chi connectivity index (χ1) is 11.3. The first-order valence-electron chi connectivity index (χ1n) is 8.15. The molecule has 0 amide bonds. The van der Waals surface area contributed by atoms with Crippen molar-refractivity contribution in [3.63, 3.8) is 0 Å². The molecule has 0 saturated heterocycles. The van der Waals surface area contributed by atoms with Crippen LogP contribution in [-0.4, -0.2) is 12.3 Å². The molecular weight excluding hydrogens is 282 g/mol. The lowest BCUT2D eigenvalue weighted by molar-refractivity contribution is -0.117. The monoisotopic (exact) mass is 301 g/mol. The normalized spacial score (nSPS) is 11.7. The van der Waals surface area contributed by atoms with Crippen LogP contribution in [-0.2, 0) is 11.2 Å². The zero-order valence-corrected chi connectivity index (χ0v) is 13.0. The van der Waals surface area contributed by atoms with Crippen molar-refractivity contribution < 1.29 is 4.79 Å². The summed E-state index contributed by atoms with van der Waals surface area (Å²) >= 11 is 0. The lowest BCUT2D eigenvalue weighted by atomic mass is 9.90. The average molecular weight is 301 g/mol. The summed E-state index contributed by atoms with van der Waals surface area (Å²) in [6.07, 6.45) is 2.35. The molecule has 23 heavy (non-hydrogen) atoms. The molecule has 0 saturated carbocycles. The van der Waals surface area contributed by atoms with Gasteiger partial charge >= 0.3 is 0 Å². The average Bonchev–Trinajstić information content (AvgIpc) is 2.60. The summed E-state index contributed by atoms with van der Waals surface area (Å²) in [5.74, 6) is 0.141. The molecule has 114 valence electrons. The van der Waals surface area contributed by atoms with Gasteiger partial charge in [-0.15, -0.1) is 0 Å². The van der Waals surface area contributed by atoms with Crippen molar-refractivity contribution >= 4 is 38.1 Å². The number of hydrogen-bond acceptors (Lipinski definition) is 2. The van der Waals surface area contributed by atoms with Gasteiger partial charge in [0.05, 0.1) is 6.54 Å². The van der Waals surface area contributed by atoms with Crippen molar-refractivity contribution in [1.82, 2.24) is 0 Å². The molecule has 0 fully saturated rings. The fraction of sp³-hybridized carbons (Fsp3) is 0.190. The van der Waals surface area contributed by atoms with E-state index in [4.69, 9.17) is 5.73 Å². The Kier molecular flexibility index (Phi) is 3.47. The van der Waals surface area contributed by atoms with E-state index in [1.54, 1.807) is 0 Å². The Hall–Kier alpha value is -2.45. The number of Topliss-reactive ketones (excluding diaryl/α,β-unsaturated/α-hetero) is 1. The van der Waals surface area contributed by atoms with E-state index in [1.165, 1.54) is 37.9 Å². The summed E-state index contributed by atoms with van der Waals surface area (Å²) in [4.78, 5) is 11.4. The summed E-state index contributed by atoms with van der Waals surface area (Å²) in [5.41, 5.74) is 6.71. The minimum absolute atomic E-state index is 0.141. The highest BCUT2D eigenvalue weighted by atomic mass is 16.1. The molecule has 4 aromatic rings. The lowest BCUT2D eigenvalue weighted by Gasteiger charge is -2.13. The van der Waals surface area contributed by atoms with E-state index < -0.39 is 0 Å². The maximum atomic E-state index is 11.4. The maximum absolute atomic E-state index is 11.4. The number of carbonyl (C=O) groups excluding carboxylic acids is 1. The third-order valence-electron chi connectivity index (χ3n) is 4.75. The summed E-state index contributed by atoms with van der Waals surface area (Å²) in [6.45, 7) is 0.151. The van der Waals surface area contributed by atoms with Gasteiger partial charge in [-0.25, -0.2) is 0 Å². The fourth-order valence-corrected chi connectivity index (χ4v) is 3.59. The van der Waals surface area contributed by atoms with Crippen LogP contribution in [0, 0.1) is 0 Å². The van der Waals surface area contributed by atoms with Crippen molar-refractivity contribution in [3.8, 4) is 0 Å². The van der Waals surface area contributed by atoms with Gasteiger partial charge in [0.25, 0.3) is 0 Å². The maximum Gasteiger partial charge on any atom is 0.146 e. The third-order valence-corrected chi connectivity index (χ3v) is 4.75. The predicted molar refractivity (Wildman–Crippen MR) is 97.1 cm³/mol. The molecule has 4 rings (SSSR count). The summed E-state index contributed by atoms with van der Waals surface area (Å²) in [5, 5.41) is 7.87. The Balaban J connectivity index is 1.85. The van der Waals surface area contributed by atoms with Crippen LogP contribution in [0.25, 0.3) is 32.3 Å². The molecule has 2 N–H and O–H groups in total. The van der Waals surface area contributed by atoms with Crippen LogP contribution in [0.5, 0.6) is 0 Å². The smallest absolute Gasteiger partial charge is 0.146 e. The largest absolute Gasteiger partial charge is 0.324 e. The van der Waals surface area contributed by atoms with Crippen molar-refractivity contribution in [2.75, 3.05) is 6.54 Å². The molecule has 0 aliphatic carbocycles. The van der Waals surface area contributed by atoms with E-state index in [2.05, 4.69) is 54.6 Å². The van der Waals surface area contributed by atoms with Gasteiger partial charge in [-0.1, -0.05) is 54.6 Å². The fourth-order valence-electron chi connectivity index (χ4n) is 3.59. The zero-order chi connectivity index (χ0) is 15.8. The van der Waals surface area contributed by atoms with Crippen LogP contribution in [0.3, 0.4) is 0 Å². The summed E-state index contributed by atoms with van der Waals surface area (Å²) in [6, 6.07) is 19.7. The van der Waals surface area contributed by atoms with Gasteiger partial charge < -0.3 is 5.73 Å². The second kappa shape index (κ2) is 5.64. The first kappa shape index (κ1) is 14.2. The quantitative estimate of drug-likeness (QED) is 0.554. The number of benzene rings is 4. The topological polar surface area (TPSA) is 43.1 Å². The molecule has 0 aliphatic heterocycles. The van der Waals surface area contributed by atoms with Gasteiger partial charge in [0.1, 0.15) is 5.78 Å². The molecule has 0 atom stereocenters. The molecule has 0 aliphatic rings. The van der Waals surface area contributed by atoms with E-state index in [0.717, 1.165) is 12.8 Å². The molecule has 0 heterocycles. The van der Waals surface area contributed by atoms with Crippen LogP contribution in [0.1, 0.15) is 18.4 Å². The molecule has 2 heteroatoms. The number of carbonyl (C=O) groups is 1. The first-order valence-corrected chi connectivity index (χ1v) is 8.15. The van der Waals surface area contributed by atoms with E-state index in [-0.39, 0.29) is 12.3 Å². The predicted octanol–water partition coefficient (Wildman–Crippen LogP) is 4.43. The Morgan fingerprint density at radius 3 is 2.22 bits per heavy atom. The Morgan fingerprint density at radius 2 is 1.48 bits per heavy atom. The van der Waals surface area contributed by atoms with Gasteiger partial charge in [-0.2, -0.15) is 0 Å². The van der Waals surface area contributed by atoms with Crippen LogP contribution in [0.4, 0.5) is 0 Å². The number of aryl methyl sites for hydroxylation is 1. The Morgan fingerprint density at radius 1 is 0.826 bits per heavy atom. The van der Waals surface area contributed by atoms with Gasteiger partial charge in [-0.05, 0) is 50.7 Å². The van der Waals surface area contributed by atoms with E-state index >= 15 is 0 Å². The second-order valence-corrected chi connectivity index (χ2v) is 6.18. The zero-order valence-electron chi connectivity index (χ0n) is 13.0. The van der Waals surface area contributed by atoms with Crippen LogP contribution in [0.15, 0.2) is 54.6 Å². The van der Waals surface area contributed by atoms with Crippen LogP contribution < -0.4 is 5.73 Å². The Labute approximate surface area is 135 Å². The third kappa shape index (κ3) is 2.36. The number of ketones is 1. The highest BCUT2D eigenvalue weighted by Crippen LogP contribution is 2.36. The second-order valence-electron chi connectivity index (χ2n) is 6.18. The van der Waals surface area contributed by atoms with E-state index in [9.17, 15) is 4.79 Å². The van der Waals surface area contributed by atoms with E-state index in [1.807, 2.05) is 0 Å². The lowest BCUT2D eigenvalue weighted by Crippen LogP contribution is -2.13. The van der Waals surface area contributed by atoms with Gasteiger partial charge in [0, 0.05) is 6.42 Å².